The van der Waals surface area contributed by atoms with Crippen LogP contribution < -0.4 is 15.0 Å². The summed E-state index contributed by atoms with van der Waals surface area (Å²) >= 11 is 0. The number of nitrogens with zero attached hydrogens (tertiary/aromatic N) is 4. The van der Waals surface area contributed by atoms with Gasteiger partial charge in [-0.2, -0.15) is 15.0 Å². The van der Waals surface area contributed by atoms with Gasteiger partial charge in [-0.1, -0.05) is 12.8 Å². The summed E-state index contributed by atoms with van der Waals surface area (Å²) in [7, 11) is 0. The highest BCUT2D eigenvalue weighted by Crippen LogP contribution is 2.32. The zero-order valence-electron chi connectivity index (χ0n) is 12.7. The molecule has 0 atom stereocenters. The molecule has 112 valence electrons. The Labute approximate surface area is 121 Å². The van der Waals surface area contributed by atoms with Gasteiger partial charge in [-0.15, -0.1) is 0 Å². The highest BCUT2D eigenvalue weighted by Gasteiger charge is 2.21. The van der Waals surface area contributed by atoms with Crippen LogP contribution in [0.5, 0.6) is 6.01 Å². The van der Waals surface area contributed by atoms with Crippen LogP contribution in [-0.4, -0.2) is 41.2 Å². The minimum atomic E-state index is 0.429. The van der Waals surface area contributed by atoms with E-state index in [0.29, 0.717) is 24.5 Å². The zero-order chi connectivity index (χ0) is 14.4. The van der Waals surface area contributed by atoms with Crippen LogP contribution in [0.2, 0.25) is 0 Å². The number of rotatable bonds is 9. The van der Waals surface area contributed by atoms with Crippen molar-refractivity contribution in [2.75, 3.05) is 36.5 Å². The van der Waals surface area contributed by atoms with E-state index in [0.717, 1.165) is 32.0 Å². The topological polar surface area (TPSA) is 63.2 Å². The van der Waals surface area contributed by atoms with Crippen LogP contribution in [0.4, 0.5) is 11.9 Å². The molecule has 1 aliphatic rings. The molecular weight excluding hydrogens is 254 g/mol. The normalized spacial score (nSPS) is 14.2. The van der Waals surface area contributed by atoms with Crippen LogP contribution in [0.1, 0.15) is 40.0 Å². The Kier molecular flexibility index (Phi) is 5.38. The number of ether oxygens (including phenoxy) is 1. The second-order valence-electron chi connectivity index (χ2n) is 5.02. The maximum absolute atomic E-state index is 5.69. The quantitative estimate of drug-likeness (QED) is 0.748. The van der Waals surface area contributed by atoms with E-state index in [1.165, 1.54) is 12.8 Å². The molecule has 1 heterocycles. The predicted molar refractivity (Wildman–Crippen MR) is 80.4 cm³/mol. The van der Waals surface area contributed by atoms with Gasteiger partial charge < -0.3 is 15.0 Å². The lowest BCUT2D eigenvalue weighted by Crippen LogP contribution is -2.25. The van der Waals surface area contributed by atoms with Crippen molar-refractivity contribution in [3.8, 4) is 6.01 Å². The summed E-state index contributed by atoms with van der Waals surface area (Å²) < 4.78 is 5.69. The molecule has 0 aliphatic heterocycles. The molecule has 20 heavy (non-hydrogen) atoms. The van der Waals surface area contributed by atoms with E-state index in [2.05, 4.69) is 39.0 Å². The summed E-state index contributed by atoms with van der Waals surface area (Å²) in [6, 6.07) is 0.429. The van der Waals surface area contributed by atoms with Gasteiger partial charge in [0.15, 0.2) is 0 Å². The van der Waals surface area contributed by atoms with Crippen LogP contribution in [0.15, 0.2) is 0 Å². The van der Waals surface area contributed by atoms with Crippen molar-refractivity contribution in [3.05, 3.63) is 0 Å². The second-order valence-corrected chi connectivity index (χ2v) is 5.02. The molecule has 1 aromatic heterocycles. The first-order chi connectivity index (χ1) is 9.76. The number of hydrogen-bond acceptors (Lipinski definition) is 6. The number of aromatic nitrogens is 3. The smallest absolute Gasteiger partial charge is 0.323 e. The maximum Gasteiger partial charge on any atom is 0.323 e. The first kappa shape index (κ1) is 14.8. The van der Waals surface area contributed by atoms with Crippen LogP contribution in [-0.2, 0) is 0 Å². The van der Waals surface area contributed by atoms with Crippen LogP contribution in [0.3, 0.4) is 0 Å². The van der Waals surface area contributed by atoms with Gasteiger partial charge in [-0.3, -0.25) is 0 Å². The fourth-order valence-electron chi connectivity index (χ4n) is 2.02. The minimum absolute atomic E-state index is 0.429. The third kappa shape index (κ3) is 4.21. The number of anilines is 2. The molecule has 0 amide bonds. The molecule has 1 saturated carbocycles. The molecular formula is C14H25N5O. The maximum atomic E-state index is 5.69. The first-order valence-electron chi connectivity index (χ1n) is 7.64. The predicted octanol–water partition coefficient (Wildman–Crippen LogP) is 2.33. The van der Waals surface area contributed by atoms with Gasteiger partial charge in [0.05, 0.1) is 6.61 Å². The van der Waals surface area contributed by atoms with E-state index in [9.17, 15) is 0 Å². The molecule has 1 N–H and O–H groups in total. The average molecular weight is 279 g/mol. The van der Waals surface area contributed by atoms with Gasteiger partial charge in [-0.05, 0) is 33.1 Å². The van der Waals surface area contributed by atoms with Crippen molar-refractivity contribution in [1.82, 2.24) is 15.0 Å². The molecule has 0 spiro atoms. The Bertz CT molecular complexity index is 418. The van der Waals surface area contributed by atoms with Crippen molar-refractivity contribution < 1.29 is 4.74 Å². The van der Waals surface area contributed by atoms with E-state index < -0.39 is 0 Å². The average Bonchev–Trinajstić information content (AvgIpc) is 3.25. The van der Waals surface area contributed by atoms with Gasteiger partial charge >= 0.3 is 6.01 Å². The highest BCUT2D eigenvalue weighted by molar-refractivity contribution is 5.38. The van der Waals surface area contributed by atoms with Crippen LogP contribution in [0, 0.1) is 5.92 Å². The fourth-order valence-corrected chi connectivity index (χ4v) is 2.02. The fraction of sp³-hybridized carbons (Fsp3) is 0.786. The molecule has 6 heteroatoms. The molecule has 2 rings (SSSR count). The van der Waals surface area contributed by atoms with Crippen LogP contribution in [0.25, 0.3) is 0 Å². The van der Waals surface area contributed by atoms with Gasteiger partial charge in [0.1, 0.15) is 0 Å². The Morgan fingerprint density at radius 1 is 1.15 bits per heavy atom. The van der Waals surface area contributed by atoms with Gasteiger partial charge in [0.2, 0.25) is 11.9 Å². The molecule has 0 aromatic carbocycles. The lowest BCUT2D eigenvalue weighted by Gasteiger charge is -2.19. The summed E-state index contributed by atoms with van der Waals surface area (Å²) in [5.74, 6) is 2.13. The molecule has 0 saturated heterocycles. The van der Waals surface area contributed by atoms with Crippen molar-refractivity contribution in [2.45, 2.75) is 40.0 Å². The summed E-state index contributed by atoms with van der Waals surface area (Å²) in [5, 5.41) is 3.13. The zero-order valence-corrected chi connectivity index (χ0v) is 12.7. The minimum Gasteiger partial charge on any atom is -0.463 e. The van der Waals surface area contributed by atoms with Gasteiger partial charge in [-0.25, -0.2) is 0 Å². The monoisotopic (exact) mass is 279 g/mol. The van der Waals surface area contributed by atoms with Gasteiger partial charge in [0, 0.05) is 19.6 Å². The molecule has 0 unspecified atom stereocenters. The highest BCUT2D eigenvalue weighted by atomic mass is 16.5. The molecule has 1 aliphatic carbocycles. The summed E-state index contributed by atoms with van der Waals surface area (Å²) in [6.07, 6.45) is 3.78. The molecule has 0 radical (unpaired) electrons. The molecule has 1 fully saturated rings. The second kappa shape index (κ2) is 7.26. The standard InChI is InChI=1S/C14H25N5O/c1-4-15-12-16-13(19(5-2)6-3)18-14(17-12)20-10-9-11-7-8-11/h11H,4-10H2,1-3H3,(H,15,16,17,18). The van der Waals surface area contributed by atoms with Crippen molar-refractivity contribution in [1.29, 1.82) is 0 Å². The summed E-state index contributed by atoms with van der Waals surface area (Å²) in [6.45, 7) is 9.42. The van der Waals surface area contributed by atoms with E-state index in [1.54, 1.807) is 0 Å². The van der Waals surface area contributed by atoms with E-state index in [-0.39, 0.29) is 0 Å². The van der Waals surface area contributed by atoms with E-state index in [4.69, 9.17) is 4.74 Å². The summed E-state index contributed by atoms with van der Waals surface area (Å²) in [4.78, 5) is 15.3. The Balaban J connectivity index is 2.06. The lowest BCUT2D eigenvalue weighted by atomic mass is 10.3. The number of nitrogens with one attached hydrogen (secondary N) is 1. The van der Waals surface area contributed by atoms with Crippen molar-refractivity contribution in [2.24, 2.45) is 5.92 Å². The summed E-state index contributed by atoms with van der Waals surface area (Å²) in [5.41, 5.74) is 0. The molecule has 0 bridgehead atoms. The van der Waals surface area contributed by atoms with E-state index in [1.807, 2.05) is 6.92 Å². The third-order valence-corrected chi connectivity index (χ3v) is 3.44. The Morgan fingerprint density at radius 2 is 1.90 bits per heavy atom. The van der Waals surface area contributed by atoms with Crippen LogP contribution >= 0.6 is 0 Å². The SMILES string of the molecule is CCNc1nc(OCCC2CC2)nc(N(CC)CC)n1. The van der Waals surface area contributed by atoms with E-state index >= 15 is 0 Å². The van der Waals surface area contributed by atoms with Crippen molar-refractivity contribution >= 4 is 11.9 Å². The first-order valence-corrected chi connectivity index (χ1v) is 7.64. The Hall–Kier alpha value is -1.59. The molecule has 6 nitrogen and oxygen atoms in total. The molecule has 1 aromatic rings. The third-order valence-electron chi connectivity index (χ3n) is 3.44. The lowest BCUT2D eigenvalue weighted by molar-refractivity contribution is 0.279. The largest absolute Gasteiger partial charge is 0.463 e. The van der Waals surface area contributed by atoms with Gasteiger partial charge in [0.25, 0.3) is 0 Å². The number of hydrogen-bond donors (Lipinski definition) is 1. The Morgan fingerprint density at radius 3 is 2.50 bits per heavy atom. The van der Waals surface area contributed by atoms with Crippen molar-refractivity contribution in [3.63, 3.8) is 0 Å².